The van der Waals surface area contributed by atoms with E-state index in [0.29, 0.717) is 0 Å². The van der Waals surface area contributed by atoms with Crippen molar-refractivity contribution in [1.29, 1.82) is 0 Å². The summed E-state index contributed by atoms with van der Waals surface area (Å²) in [6.07, 6.45) is 0. The average molecular weight is 1360 g/mol. The van der Waals surface area contributed by atoms with Crippen LogP contribution >= 0.6 is 45.3 Å². The molecule has 2 nitrogen and oxygen atoms in total. The highest BCUT2D eigenvalue weighted by atomic mass is 32.1. The van der Waals surface area contributed by atoms with Gasteiger partial charge in [-0.3, -0.25) is 0 Å². The third kappa shape index (κ3) is 8.03. The molecule has 0 bridgehead atoms. The van der Waals surface area contributed by atoms with Gasteiger partial charge in [0, 0.05) is 126 Å². The van der Waals surface area contributed by atoms with E-state index in [1.807, 2.05) is 45.3 Å². The molecule has 0 aliphatic rings. The van der Waals surface area contributed by atoms with E-state index in [2.05, 4.69) is 337 Å². The minimum absolute atomic E-state index is 1.18. The number of nitrogens with zero attached hydrogens (tertiary/aromatic N) is 2. The Morgan fingerprint density at radius 3 is 1.02 bits per heavy atom. The Morgan fingerprint density at radius 1 is 0.167 bits per heavy atom. The average Bonchev–Trinajstić information content (AvgIpc) is 1.49. The van der Waals surface area contributed by atoms with Gasteiger partial charge in [0.05, 0.1) is 31.5 Å². The second-order valence-corrected chi connectivity index (χ2v) is 31.4. The van der Waals surface area contributed by atoms with Gasteiger partial charge in [-0.15, -0.1) is 45.3 Å². The molecule has 472 valence electrons. The zero-order chi connectivity index (χ0) is 66.4. The second-order valence-electron chi connectivity index (χ2n) is 27.2. The van der Waals surface area contributed by atoms with Crippen LogP contribution in [0, 0.1) is 0 Å². The molecule has 0 unspecified atom stereocenters. The van der Waals surface area contributed by atoms with Crippen LogP contribution in [0.15, 0.2) is 328 Å². The summed E-state index contributed by atoms with van der Waals surface area (Å²) >= 11 is 7.60. The summed E-state index contributed by atoms with van der Waals surface area (Å²) in [7, 11) is 0. The number of fused-ring (bicyclic) bond motifs is 36. The van der Waals surface area contributed by atoms with E-state index < -0.39 is 0 Å². The maximum atomic E-state index is 2.55. The first-order valence-electron chi connectivity index (χ1n) is 34.9. The fourth-order valence-corrected chi connectivity index (χ4v) is 22.4. The van der Waals surface area contributed by atoms with Crippen molar-refractivity contribution in [2.75, 3.05) is 0 Å². The Kier molecular flexibility index (Phi) is 12.1. The molecular weight excluding hydrogens is 1310 g/mol. The molecule has 0 radical (unpaired) electrons. The zero-order valence-electron chi connectivity index (χ0n) is 54.7. The lowest BCUT2D eigenvalue weighted by Crippen LogP contribution is -1.95. The Balaban J connectivity index is 0.000000126. The standard InChI is InChI=1S/2C48H27NS2/c1-3-17-34-31(14-1)32-15-2-4-18-35(32)44-43(34)45-36-19-5-8-21-39(36)49(47(45)48-46(44)37-20-7-10-23-41(37)51-48)30-13-11-12-28(26-30)29-24-25-42-38(27-29)33-16-6-9-22-40(33)50-42;1-3-14-35-31(11-1)32-12-2-4-15-36(32)44-43(35)45-37-16-5-8-18-39(37)49(47(45)48-46(44)38-17-7-10-20-41(38)51-48)30-24-21-28(22-25-30)29-23-26-34-33-13-6-9-19-40(33)50-42(34)27-29/h2*1-27H. The molecule has 24 aromatic rings. The highest BCUT2D eigenvalue weighted by Gasteiger charge is 2.28. The molecule has 0 aliphatic carbocycles. The molecule has 0 saturated carbocycles. The summed E-state index contributed by atoms with van der Waals surface area (Å²) in [6.45, 7) is 0. The highest BCUT2D eigenvalue weighted by molar-refractivity contribution is 7.28. The fraction of sp³-hybridized carbons (Fsp3) is 0. The molecule has 102 heavy (non-hydrogen) atoms. The van der Waals surface area contributed by atoms with E-state index in [0.717, 1.165) is 0 Å². The van der Waals surface area contributed by atoms with Crippen molar-refractivity contribution in [3.05, 3.63) is 328 Å². The lowest BCUT2D eigenvalue weighted by Gasteiger charge is -2.15. The molecule has 0 aliphatic heterocycles. The summed E-state index contributed by atoms with van der Waals surface area (Å²) in [5, 5.41) is 31.8. The number of aromatic nitrogens is 2. The molecule has 6 aromatic heterocycles. The number of thiophene rings is 4. The van der Waals surface area contributed by atoms with Crippen LogP contribution in [0.5, 0.6) is 0 Å². The van der Waals surface area contributed by atoms with Crippen LogP contribution in [0.25, 0.3) is 223 Å². The van der Waals surface area contributed by atoms with Crippen LogP contribution in [0.4, 0.5) is 0 Å². The molecule has 6 heterocycles. The summed E-state index contributed by atoms with van der Waals surface area (Å²) < 4.78 is 15.7. The maximum absolute atomic E-state index is 2.55. The van der Waals surface area contributed by atoms with E-state index >= 15 is 0 Å². The Morgan fingerprint density at radius 2 is 0.510 bits per heavy atom. The van der Waals surface area contributed by atoms with Crippen molar-refractivity contribution >= 4 is 234 Å². The molecule has 0 amide bonds. The van der Waals surface area contributed by atoms with Gasteiger partial charge in [0.15, 0.2) is 0 Å². The SMILES string of the molecule is c1cc(-c2ccc3sc4ccccc4c3c2)cc(-n2c3ccccc3c3c4c5ccccc5c5ccccc5c4c4c5ccccc5sc4c32)c1.c1ccc2c(c1)sc1cc(-c3ccc(-n4c5ccccc5c5c6c7ccccc7c7ccccc7c6c6c7ccccc7sc6c54)cc3)ccc12. The predicted octanol–water partition coefficient (Wildman–Crippen LogP) is 29.3. The van der Waals surface area contributed by atoms with Crippen molar-refractivity contribution in [2.24, 2.45) is 0 Å². The molecule has 0 N–H and O–H groups in total. The largest absolute Gasteiger partial charge is 0.308 e. The minimum Gasteiger partial charge on any atom is -0.308 e. The number of benzene rings is 18. The van der Waals surface area contributed by atoms with Crippen LogP contribution in [0.3, 0.4) is 0 Å². The van der Waals surface area contributed by atoms with Gasteiger partial charge in [0.1, 0.15) is 0 Å². The van der Waals surface area contributed by atoms with Gasteiger partial charge in [0.25, 0.3) is 0 Å². The van der Waals surface area contributed by atoms with Crippen molar-refractivity contribution < 1.29 is 0 Å². The first-order chi connectivity index (χ1) is 50.6. The zero-order valence-corrected chi connectivity index (χ0v) is 58.0. The van der Waals surface area contributed by atoms with Crippen molar-refractivity contribution in [2.45, 2.75) is 0 Å². The van der Waals surface area contributed by atoms with Gasteiger partial charge in [-0.2, -0.15) is 0 Å². The monoisotopic (exact) mass is 1360 g/mol. The topological polar surface area (TPSA) is 9.86 Å². The van der Waals surface area contributed by atoms with Crippen LogP contribution < -0.4 is 0 Å². The number of para-hydroxylation sites is 2. The Hall–Kier alpha value is -12.0. The van der Waals surface area contributed by atoms with Crippen molar-refractivity contribution in [3.63, 3.8) is 0 Å². The Bertz CT molecular complexity index is 7760. The third-order valence-electron chi connectivity index (χ3n) is 21.9. The fourth-order valence-electron chi connectivity index (χ4n) is 17.6. The van der Waals surface area contributed by atoms with Gasteiger partial charge in [0.2, 0.25) is 0 Å². The lowest BCUT2D eigenvalue weighted by atomic mass is 9.89. The molecule has 24 rings (SSSR count). The first-order valence-corrected chi connectivity index (χ1v) is 38.1. The quantitative estimate of drug-likeness (QED) is 0.155. The summed E-state index contributed by atoms with van der Waals surface area (Å²) in [6, 6.07) is 122. The Labute approximate surface area is 599 Å². The van der Waals surface area contributed by atoms with Gasteiger partial charge < -0.3 is 9.13 Å². The summed E-state index contributed by atoms with van der Waals surface area (Å²) in [5.41, 5.74) is 12.3. The molecule has 18 aromatic carbocycles. The van der Waals surface area contributed by atoms with Gasteiger partial charge in [-0.05, 0) is 144 Å². The van der Waals surface area contributed by atoms with Crippen LogP contribution in [-0.2, 0) is 0 Å². The molecular formula is C96H54N2S4. The molecule has 0 atom stereocenters. The third-order valence-corrected chi connectivity index (χ3v) is 26.5. The van der Waals surface area contributed by atoms with Crippen molar-refractivity contribution in [1.82, 2.24) is 9.13 Å². The summed E-state index contributed by atoms with van der Waals surface area (Å²) in [5.74, 6) is 0. The second kappa shape index (κ2) is 21.8. The molecule has 0 spiro atoms. The van der Waals surface area contributed by atoms with Crippen LogP contribution in [0.1, 0.15) is 0 Å². The molecule has 0 saturated heterocycles. The first kappa shape index (κ1) is 56.8. The van der Waals surface area contributed by atoms with Gasteiger partial charge >= 0.3 is 0 Å². The van der Waals surface area contributed by atoms with E-state index in [4.69, 9.17) is 0 Å². The van der Waals surface area contributed by atoms with E-state index in [1.165, 1.54) is 223 Å². The highest BCUT2D eigenvalue weighted by Crippen LogP contribution is 2.55. The molecule has 6 heteroatoms. The van der Waals surface area contributed by atoms with Gasteiger partial charge in [-0.25, -0.2) is 0 Å². The normalized spacial score (nSPS) is 12.3. The summed E-state index contributed by atoms with van der Waals surface area (Å²) in [4.78, 5) is 0. The maximum Gasteiger partial charge on any atom is 0.0726 e. The number of hydrogen-bond donors (Lipinski definition) is 0. The number of rotatable bonds is 4. The van der Waals surface area contributed by atoms with E-state index in [-0.39, 0.29) is 0 Å². The van der Waals surface area contributed by atoms with E-state index in [9.17, 15) is 0 Å². The van der Waals surface area contributed by atoms with Gasteiger partial charge in [-0.1, -0.05) is 249 Å². The lowest BCUT2D eigenvalue weighted by molar-refractivity contribution is 1.19. The minimum atomic E-state index is 1.18. The van der Waals surface area contributed by atoms with Crippen LogP contribution in [0.2, 0.25) is 0 Å². The predicted molar refractivity (Wildman–Crippen MR) is 449 cm³/mol. The van der Waals surface area contributed by atoms with Crippen molar-refractivity contribution in [3.8, 4) is 33.6 Å². The smallest absolute Gasteiger partial charge is 0.0726 e. The van der Waals surface area contributed by atoms with E-state index in [1.54, 1.807) is 0 Å². The molecule has 0 fully saturated rings. The van der Waals surface area contributed by atoms with Crippen LogP contribution in [-0.4, -0.2) is 9.13 Å². The number of hydrogen-bond acceptors (Lipinski definition) is 4.